The molecule has 0 saturated heterocycles. The highest BCUT2D eigenvalue weighted by atomic mass is 35.5. The maximum absolute atomic E-state index is 12.9. The Balaban J connectivity index is 2.03. The summed E-state index contributed by atoms with van der Waals surface area (Å²) in [7, 11) is 0. The minimum atomic E-state index is -3.05. The van der Waals surface area contributed by atoms with Gasteiger partial charge >= 0.3 is 0 Å². The average molecular weight is 417 g/mol. The van der Waals surface area contributed by atoms with Gasteiger partial charge in [0.15, 0.2) is 6.17 Å². The Labute approximate surface area is 168 Å². The minimum Gasteiger partial charge on any atom is -0.491 e. The molecule has 2 rings (SSSR count). The van der Waals surface area contributed by atoms with Crippen molar-refractivity contribution in [2.45, 2.75) is 38.0 Å². The lowest BCUT2D eigenvalue weighted by atomic mass is 9.78. The summed E-state index contributed by atoms with van der Waals surface area (Å²) in [5.74, 6) is 1.08. The maximum Gasteiger partial charge on any atom is 0.272 e. The molecular weight excluding hydrogens is 393 g/mol. The van der Waals surface area contributed by atoms with Gasteiger partial charge in [-0.15, -0.1) is 11.6 Å². The average Bonchev–Trinajstić information content (AvgIpc) is 2.70. The molecule has 2 atom stereocenters. The van der Waals surface area contributed by atoms with Gasteiger partial charge in [0.25, 0.3) is 6.43 Å². The Morgan fingerprint density at radius 3 is 1.68 bits per heavy atom. The van der Waals surface area contributed by atoms with E-state index in [-0.39, 0.29) is 17.9 Å². The number of aliphatic hydroxyl groups excluding tert-OH is 1. The van der Waals surface area contributed by atoms with Crippen molar-refractivity contribution in [1.82, 2.24) is 0 Å². The van der Waals surface area contributed by atoms with Crippen molar-refractivity contribution in [2.75, 3.05) is 19.1 Å². The van der Waals surface area contributed by atoms with Crippen molar-refractivity contribution < 1.29 is 27.8 Å². The van der Waals surface area contributed by atoms with Gasteiger partial charge in [0.1, 0.15) is 30.8 Å². The van der Waals surface area contributed by atoms with Crippen molar-refractivity contribution >= 4 is 11.6 Å². The molecule has 0 fully saturated rings. The lowest BCUT2D eigenvalue weighted by Crippen LogP contribution is -2.21. The summed E-state index contributed by atoms with van der Waals surface area (Å²) in [6, 6.07) is 14.4. The highest BCUT2D eigenvalue weighted by Gasteiger charge is 2.24. The summed E-state index contributed by atoms with van der Waals surface area (Å²) in [5.41, 5.74) is 1.68. The predicted molar refractivity (Wildman–Crippen MR) is 104 cm³/mol. The number of benzene rings is 2. The molecule has 7 heteroatoms. The third-order valence-electron chi connectivity index (χ3n) is 4.46. The first-order valence-electron chi connectivity index (χ1n) is 8.87. The van der Waals surface area contributed by atoms with Crippen molar-refractivity contribution in [1.29, 1.82) is 0 Å². The normalized spacial score (nSPS) is 14.0. The van der Waals surface area contributed by atoms with Gasteiger partial charge in [0.2, 0.25) is 0 Å². The number of halogens is 4. The fourth-order valence-electron chi connectivity index (χ4n) is 2.59. The van der Waals surface area contributed by atoms with Crippen LogP contribution in [0.1, 0.15) is 25.0 Å². The summed E-state index contributed by atoms with van der Waals surface area (Å²) < 4.78 is 47.9. The summed E-state index contributed by atoms with van der Waals surface area (Å²) >= 11 is 5.54. The van der Waals surface area contributed by atoms with Gasteiger partial charge in [-0.1, -0.05) is 38.1 Å². The largest absolute Gasteiger partial charge is 0.491 e. The molecule has 0 heterocycles. The molecule has 0 spiro atoms. The molecule has 0 bridgehead atoms. The lowest BCUT2D eigenvalue weighted by molar-refractivity contribution is 0.0231. The number of hydrogen-bond acceptors (Lipinski definition) is 3. The van der Waals surface area contributed by atoms with E-state index in [2.05, 4.69) is 0 Å². The standard InChI is InChI=1S/C21H24ClF3O3/c1-21(2,14-3-7-17(8-4-14)27-12-16(26)11-22)15-5-9-18(10-6-15)28-13-19(23)20(24)25/h3-10,16,19-20,26H,11-13H2,1-2H3/t16-,19-/m0/s1. The Hall–Kier alpha value is -1.92. The zero-order valence-electron chi connectivity index (χ0n) is 15.7. The quantitative estimate of drug-likeness (QED) is 0.555. The summed E-state index contributed by atoms with van der Waals surface area (Å²) in [6.45, 7) is 3.54. The van der Waals surface area contributed by atoms with E-state index in [0.29, 0.717) is 11.5 Å². The van der Waals surface area contributed by atoms with E-state index < -0.39 is 25.3 Å². The van der Waals surface area contributed by atoms with Crippen molar-refractivity contribution in [3.63, 3.8) is 0 Å². The van der Waals surface area contributed by atoms with Crippen molar-refractivity contribution in [3.8, 4) is 11.5 Å². The molecular formula is C21H24ClF3O3. The van der Waals surface area contributed by atoms with E-state index in [0.717, 1.165) is 11.1 Å². The van der Waals surface area contributed by atoms with Crippen LogP contribution in [0, 0.1) is 0 Å². The Bertz CT molecular complexity index is 721. The van der Waals surface area contributed by atoms with Gasteiger partial charge in [-0.2, -0.15) is 0 Å². The molecule has 1 N–H and O–H groups in total. The van der Waals surface area contributed by atoms with Crippen LogP contribution in [0.4, 0.5) is 13.2 Å². The Morgan fingerprint density at radius 2 is 1.29 bits per heavy atom. The zero-order chi connectivity index (χ0) is 20.7. The van der Waals surface area contributed by atoms with Gasteiger partial charge in [-0.25, -0.2) is 13.2 Å². The molecule has 154 valence electrons. The number of rotatable bonds is 10. The van der Waals surface area contributed by atoms with Crippen LogP contribution in [0.5, 0.6) is 11.5 Å². The third kappa shape index (κ3) is 6.04. The third-order valence-corrected chi connectivity index (χ3v) is 4.81. The Morgan fingerprint density at radius 1 is 0.857 bits per heavy atom. The van der Waals surface area contributed by atoms with Crippen LogP contribution in [0.3, 0.4) is 0 Å². The molecule has 0 aliphatic rings. The molecule has 28 heavy (non-hydrogen) atoms. The van der Waals surface area contributed by atoms with Crippen LogP contribution < -0.4 is 9.47 Å². The van der Waals surface area contributed by atoms with E-state index >= 15 is 0 Å². The topological polar surface area (TPSA) is 38.7 Å². The maximum atomic E-state index is 12.9. The first kappa shape index (κ1) is 22.4. The molecule has 2 aromatic carbocycles. The van der Waals surface area contributed by atoms with Gasteiger partial charge in [-0.3, -0.25) is 0 Å². The molecule has 0 unspecified atom stereocenters. The molecule has 0 aliphatic carbocycles. The Kier molecular flexibility index (Phi) is 8.01. The van der Waals surface area contributed by atoms with Crippen molar-refractivity contribution in [3.05, 3.63) is 59.7 Å². The number of hydrogen-bond donors (Lipinski definition) is 1. The minimum absolute atomic E-state index is 0.110. The van der Waals surface area contributed by atoms with E-state index in [1.54, 1.807) is 12.1 Å². The molecule has 3 nitrogen and oxygen atoms in total. The van der Waals surface area contributed by atoms with Crippen LogP contribution >= 0.6 is 11.6 Å². The van der Waals surface area contributed by atoms with Crippen LogP contribution in [0.25, 0.3) is 0 Å². The van der Waals surface area contributed by atoms with Crippen LogP contribution in [0.15, 0.2) is 48.5 Å². The molecule has 0 aliphatic heterocycles. The number of alkyl halides is 4. The van der Waals surface area contributed by atoms with Gasteiger partial charge in [0, 0.05) is 5.41 Å². The van der Waals surface area contributed by atoms with Crippen LogP contribution in [-0.2, 0) is 5.41 Å². The van der Waals surface area contributed by atoms with Gasteiger partial charge in [0.05, 0.1) is 5.88 Å². The monoisotopic (exact) mass is 416 g/mol. The van der Waals surface area contributed by atoms with E-state index in [9.17, 15) is 18.3 Å². The molecule has 0 aromatic heterocycles. The SMILES string of the molecule is CC(C)(c1ccc(OC[C@@H](O)CCl)cc1)c1ccc(OC[C@H](F)C(F)F)cc1. The molecule has 0 radical (unpaired) electrons. The first-order chi connectivity index (χ1) is 13.2. The number of aliphatic hydroxyl groups is 1. The zero-order valence-corrected chi connectivity index (χ0v) is 16.5. The van der Waals surface area contributed by atoms with Gasteiger partial charge in [-0.05, 0) is 35.4 Å². The smallest absolute Gasteiger partial charge is 0.272 e. The van der Waals surface area contributed by atoms with Gasteiger partial charge < -0.3 is 14.6 Å². The fraction of sp³-hybridized carbons (Fsp3) is 0.429. The highest BCUT2D eigenvalue weighted by molar-refractivity contribution is 6.18. The summed E-state index contributed by atoms with van der Waals surface area (Å²) in [6.07, 6.45) is -6.07. The highest BCUT2D eigenvalue weighted by Crippen LogP contribution is 2.33. The molecule has 0 amide bonds. The van der Waals surface area contributed by atoms with Crippen LogP contribution in [0.2, 0.25) is 0 Å². The molecule has 2 aromatic rings. The first-order valence-corrected chi connectivity index (χ1v) is 9.40. The van der Waals surface area contributed by atoms with E-state index in [4.69, 9.17) is 21.1 Å². The lowest BCUT2D eigenvalue weighted by Gasteiger charge is -2.26. The second kappa shape index (κ2) is 10.0. The molecule has 0 saturated carbocycles. The number of ether oxygens (including phenoxy) is 2. The predicted octanol–water partition coefficient (Wildman–Crippen LogP) is 4.97. The van der Waals surface area contributed by atoms with Crippen molar-refractivity contribution in [2.24, 2.45) is 0 Å². The summed E-state index contributed by atoms with van der Waals surface area (Å²) in [5, 5.41) is 9.44. The van der Waals surface area contributed by atoms with E-state index in [1.807, 2.05) is 50.2 Å². The fourth-order valence-corrected chi connectivity index (χ4v) is 2.68. The summed E-state index contributed by atoms with van der Waals surface area (Å²) in [4.78, 5) is 0. The van der Waals surface area contributed by atoms with E-state index in [1.165, 1.54) is 0 Å². The second-order valence-corrected chi connectivity index (χ2v) is 7.26. The second-order valence-electron chi connectivity index (χ2n) is 6.95. The van der Waals surface area contributed by atoms with Crippen LogP contribution in [-0.4, -0.2) is 42.9 Å².